The summed E-state index contributed by atoms with van der Waals surface area (Å²) in [6.07, 6.45) is 1.65. The molecule has 2 fully saturated rings. The van der Waals surface area contributed by atoms with Crippen molar-refractivity contribution in [2.24, 2.45) is 0 Å². The Labute approximate surface area is 170 Å². The molecule has 2 aliphatic rings. The van der Waals surface area contributed by atoms with Crippen LogP contribution in [0, 0.1) is 13.8 Å². The third-order valence-corrected chi connectivity index (χ3v) is 7.48. The van der Waals surface area contributed by atoms with Crippen molar-refractivity contribution in [1.29, 1.82) is 0 Å². The molecule has 5 heteroatoms. The number of rotatable bonds is 2. The molecule has 0 radical (unpaired) electrons. The van der Waals surface area contributed by atoms with Gasteiger partial charge in [-0.3, -0.25) is 9.59 Å². The Morgan fingerprint density at radius 2 is 1.57 bits per heavy atom. The van der Waals surface area contributed by atoms with Gasteiger partial charge in [0.15, 0.2) is 0 Å². The number of nitrogens with zero attached hydrogens (tertiary/aromatic N) is 2. The van der Waals surface area contributed by atoms with E-state index >= 15 is 0 Å². The number of benzene rings is 2. The van der Waals surface area contributed by atoms with E-state index in [1.165, 1.54) is 0 Å². The highest BCUT2D eigenvalue weighted by atomic mass is 32.2. The zero-order valence-electron chi connectivity index (χ0n) is 16.5. The molecule has 0 atom stereocenters. The van der Waals surface area contributed by atoms with E-state index in [0.29, 0.717) is 13.1 Å². The van der Waals surface area contributed by atoms with Crippen molar-refractivity contribution in [3.05, 3.63) is 70.8 Å². The average molecular weight is 395 g/mol. The first-order valence-corrected chi connectivity index (χ1v) is 10.9. The zero-order chi connectivity index (χ0) is 19.7. The molecule has 2 aromatic carbocycles. The molecule has 146 valence electrons. The van der Waals surface area contributed by atoms with E-state index in [0.717, 1.165) is 47.4 Å². The summed E-state index contributed by atoms with van der Waals surface area (Å²) in [4.78, 5) is 29.9. The molecule has 0 saturated carbocycles. The summed E-state index contributed by atoms with van der Waals surface area (Å²) in [6, 6.07) is 15.6. The molecule has 0 aromatic heterocycles. The number of hydrogen-bond acceptors (Lipinski definition) is 3. The van der Waals surface area contributed by atoms with Crippen LogP contribution in [-0.2, 0) is 0 Å². The molecule has 2 amide bonds. The molecule has 0 aliphatic carbocycles. The molecule has 2 aliphatic heterocycles. The molecule has 0 unspecified atom stereocenters. The monoisotopic (exact) mass is 394 g/mol. The molecule has 1 spiro atoms. The zero-order valence-corrected chi connectivity index (χ0v) is 17.3. The van der Waals surface area contributed by atoms with E-state index in [2.05, 4.69) is 4.90 Å². The summed E-state index contributed by atoms with van der Waals surface area (Å²) >= 11 is 1.88. The van der Waals surface area contributed by atoms with Crippen LogP contribution in [0.3, 0.4) is 0 Å². The van der Waals surface area contributed by atoms with Gasteiger partial charge in [-0.05, 0) is 50.5 Å². The number of likely N-dealkylation sites (tertiary alicyclic amines) is 1. The standard InChI is InChI=1S/C23H26N2O2S/c1-17-7-9-19(10-8-17)21(26)25-15-16-28-23(25)11-13-24(14-12-23)22(27)20-6-4-3-5-18(20)2/h3-10H,11-16H2,1-2H3. The lowest BCUT2D eigenvalue weighted by Crippen LogP contribution is -2.53. The second-order valence-corrected chi connectivity index (χ2v) is 9.18. The van der Waals surface area contributed by atoms with E-state index < -0.39 is 0 Å². The fourth-order valence-corrected chi connectivity index (χ4v) is 5.66. The molecule has 0 N–H and O–H groups in total. The number of aryl methyl sites for hydroxylation is 2. The molecule has 28 heavy (non-hydrogen) atoms. The average Bonchev–Trinajstić information content (AvgIpc) is 3.11. The third kappa shape index (κ3) is 3.44. The van der Waals surface area contributed by atoms with Crippen LogP contribution >= 0.6 is 11.8 Å². The van der Waals surface area contributed by atoms with Gasteiger partial charge in [0.1, 0.15) is 0 Å². The first kappa shape index (κ1) is 19.1. The van der Waals surface area contributed by atoms with Gasteiger partial charge >= 0.3 is 0 Å². The van der Waals surface area contributed by atoms with Gasteiger partial charge in [-0.15, -0.1) is 11.8 Å². The van der Waals surface area contributed by atoms with Gasteiger partial charge in [-0.25, -0.2) is 0 Å². The number of amides is 2. The Balaban J connectivity index is 1.48. The predicted molar refractivity (Wildman–Crippen MR) is 114 cm³/mol. The number of carbonyl (C=O) groups is 2. The van der Waals surface area contributed by atoms with Crippen molar-refractivity contribution >= 4 is 23.6 Å². The lowest BCUT2D eigenvalue weighted by molar-refractivity contribution is 0.0497. The van der Waals surface area contributed by atoms with Crippen molar-refractivity contribution in [1.82, 2.24) is 9.80 Å². The minimum atomic E-state index is -0.176. The van der Waals surface area contributed by atoms with Crippen molar-refractivity contribution in [2.75, 3.05) is 25.4 Å². The quantitative estimate of drug-likeness (QED) is 0.769. The minimum absolute atomic E-state index is 0.104. The Bertz CT molecular complexity index is 886. The highest BCUT2D eigenvalue weighted by Crippen LogP contribution is 2.44. The van der Waals surface area contributed by atoms with Crippen LogP contribution in [0.4, 0.5) is 0 Å². The maximum atomic E-state index is 13.1. The summed E-state index contributed by atoms with van der Waals surface area (Å²) in [7, 11) is 0. The third-order valence-electron chi connectivity index (χ3n) is 5.93. The molecule has 0 bridgehead atoms. The highest BCUT2D eigenvalue weighted by Gasteiger charge is 2.47. The van der Waals surface area contributed by atoms with Crippen LogP contribution < -0.4 is 0 Å². The fraction of sp³-hybridized carbons (Fsp3) is 0.391. The van der Waals surface area contributed by atoms with E-state index in [1.807, 2.05) is 79.0 Å². The van der Waals surface area contributed by atoms with Crippen LogP contribution in [0.1, 0.15) is 44.7 Å². The highest BCUT2D eigenvalue weighted by molar-refractivity contribution is 8.00. The van der Waals surface area contributed by atoms with Crippen molar-refractivity contribution in [2.45, 2.75) is 31.6 Å². The molecule has 4 rings (SSSR count). The first-order valence-electron chi connectivity index (χ1n) is 9.88. The lowest BCUT2D eigenvalue weighted by Gasteiger charge is -2.44. The molecular formula is C23H26N2O2S. The number of carbonyl (C=O) groups excluding carboxylic acids is 2. The van der Waals surface area contributed by atoms with Gasteiger partial charge in [0.25, 0.3) is 11.8 Å². The van der Waals surface area contributed by atoms with E-state index in [-0.39, 0.29) is 16.7 Å². The Hall–Kier alpha value is -2.27. The van der Waals surface area contributed by atoms with Gasteiger partial charge in [0.05, 0.1) is 4.87 Å². The molecule has 2 heterocycles. The maximum Gasteiger partial charge on any atom is 0.254 e. The SMILES string of the molecule is Cc1ccc(C(=O)N2CCSC23CCN(C(=O)c2ccccc2C)CC3)cc1. The summed E-state index contributed by atoms with van der Waals surface area (Å²) in [5, 5.41) is 0. The predicted octanol–water partition coefficient (Wildman–Crippen LogP) is 4.12. The summed E-state index contributed by atoms with van der Waals surface area (Å²) in [5.74, 6) is 1.18. The first-order chi connectivity index (χ1) is 13.5. The Morgan fingerprint density at radius 3 is 2.25 bits per heavy atom. The van der Waals surface area contributed by atoms with E-state index in [1.54, 1.807) is 0 Å². The second-order valence-electron chi connectivity index (χ2n) is 7.72. The van der Waals surface area contributed by atoms with Crippen LogP contribution in [0.2, 0.25) is 0 Å². The van der Waals surface area contributed by atoms with Crippen molar-refractivity contribution in [3.63, 3.8) is 0 Å². The van der Waals surface area contributed by atoms with Crippen LogP contribution in [0.15, 0.2) is 48.5 Å². The van der Waals surface area contributed by atoms with E-state index in [4.69, 9.17) is 0 Å². The van der Waals surface area contributed by atoms with Gasteiger partial charge in [-0.2, -0.15) is 0 Å². The Morgan fingerprint density at radius 1 is 0.893 bits per heavy atom. The normalized spacial score (nSPS) is 18.5. The fourth-order valence-electron chi connectivity index (χ4n) is 4.20. The lowest BCUT2D eigenvalue weighted by atomic mass is 9.99. The molecule has 2 saturated heterocycles. The van der Waals surface area contributed by atoms with E-state index in [9.17, 15) is 9.59 Å². The number of hydrogen-bond donors (Lipinski definition) is 0. The molecule has 2 aromatic rings. The van der Waals surface area contributed by atoms with Crippen molar-refractivity contribution < 1.29 is 9.59 Å². The Kier molecular flexibility index (Phi) is 5.19. The summed E-state index contributed by atoms with van der Waals surface area (Å²) < 4.78 is 0. The molecular weight excluding hydrogens is 368 g/mol. The largest absolute Gasteiger partial charge is 0.338 e. The van der Waals surface area contributed by atoms with Gasteiger partial charge < -0.3 is 9.80 Å². The van der Waals surface area contributed by atoms with Crippen molar-refractivity contribution in [3.8, 4) is 0 Å². The van der Waals surface area contributed by atoms with Gasteiger partial charge in [0, 0.05) is 36.5 Å². The summed E-state index contributed by atoms with van der Waals surface area (Å²) in [5.41, 5.74) is 3.71. The van der Waals surface area contributed by atoms with Crippen LogP contribution in [-0.4, -0.2) is 51.9 Å². The smallest absolute Gasteiger partial charge is 0.254 e. The van der Waals surface area contributed by atoms with Gasteiger partial charge in [-0.1, -0.05) is 35.9 Å². The van der Waals surface area contributed by atoms with Gasteiger partial charge in [0.2, 0.25) is 0 Å². The minimum Gasteiger partial charge on any atom is -0.338 e. The second kappa shape index (κ2) is 7.63. The van der Waals surface area contributed by atoms with Crippen LogP contribution in [0.5, 0.6) is 0 Å². The number of piperidine rings is 1. The maximum absolute atomic E-state index is 13.1. The number of thioether (sulfide) groups is 1. The summed E-state index contributed by atoms with van der Waals surface area (Å²) in [6.45, 7) is 6.18. The van der Waals surface area contributed by atoms with Crippen LogP contribution in [0.25, 0.3) is 0 Å². The topological polar surface area (TPSA) is 40.6 Å². The molecule has 4 nitrogen and oxygen atoms in total.